The first-order chi connectivity index (χ1) is 14.2. The van der Waals surface area contributed by atoms with Crippen LogP contribution in [0, 0.1) is 0 Å². The van der Waals surface area contributed by atoms with Gasteiger partial charge in [-0.05, 0) is 51.0 Å². The molecule has 3 heterocycles. The van der Waals surface area contributed by atoms with Crippen molar-refractivity contribution in [2.45, 2.75) is 38.5 Å². The summed E-state index contributed by atoms with van der Waals surface area (Å²) in [6.07, 6.45) is 0. The highest BCUT2D eigenvalue weighted by molar-refractivity contribution is 5.61. The average molecular weight is 399 g/mol. The molecule has 1 aliphatic rings. The second-order valence-corrected chi connectivity index (χ2v) is 9.18. The van der Waals surface area contributed by atoms with Gasteiger partial charge in [0.05, 0.1) is 10.8 Å². The summed E-state index contributed by atoms with van der Waals surface area (Å²) in [6, 6.07) is 17.0. The van der Waals surface area contributed by atoms with Crippen LogP contribution in [-0.4, -0.2) is 29.5 Å². The summed E-state index contributed by atoms with van der Waals surface area (Å²) in [4.78, 5) is 9.95. The van der Waals surface area contributed by atoms with E-state index in [2.05, 4.69) is 76.2 Å². The van der Waals surface area contributed by atoms with Gasteiger partial charge in [-0.25, -0.2) is 19.3 Å². The molecule has 4 aromatic rings. The molecule has 0 unspecified atom stereocenters. The monoisotopic (exact) mass is 398 g/mol. The Morgan fingerprint density at radius 3 is 1.43 bits per heavy atom. The molecule has 5 rings (SSSR count). The van der Waals surface area contributed by atoms with Crippen LogP contribution in [0.4, 0.5) is 0 Å². The summed E-state index contributed by atoms with van der Waals surface area (Å²) in [7, 11) is 3.92. The average Bonchev–Trinajstić information content (AvgIpc) is 3.31. The first-order valence-electron chi connectivity index (χ1n) is 10.2. The van der Waals surface area contributed by atoms with Crippen molar-refractivity contribution < 1.29 is 0 Å². The SMILES string of the molecule is Cn1nc2nc1-c1cccc(c1)C(C)(C)c1nc(n(C)n1)-c1cccc(c1)C2(C)C. The number of nitrogens with zero attached hydrogens (tertiary/aromatic N) is 6. The van der Waals surface area contributed by atoms with E-state index in [1.165, 1.54) is 0 Å². The van der Waals surface area contributed by atoms with Crippen molar-refractivity contribution in [3.05, 3.63) is 71.3 Å². The van der Waals surface area contributed by atoms with E-state index in [-0.39, 0.29) is 10.8 Å². The van der Waals surface area contributed by atoms with E-state index < -0.39 is 0 Å². The third-order valence-corrected chi connectivity index (χ3v) is 6.33. The Labute approximate surface area is 176 Å². The molecule has 152 valence electrons. The van der Waals surface area contributed by atoms with Gasteiger partial charge in [0.1, 0.15) is 0 Å². The van der Waals surface area contributed by atoms with Crippen LogP contribution in [0.15, 0.2) is 48.5 Å². The highest BCUT2D eigenvalue weighted by Crippen LogP contribution is 2.36. The topological polar surface area (TPSA) is 61.4 Å². The first-order valence-corrected chi connectivity index (χ1v) is 10.2. The number of aromatic nitrogens is 6. The molecule has 0 saturated heterocycles. The molecule has 0 amide bonds. The van der Waals surface area contributed by atoms with Gasteiger partial charge >= 0.3 is 0 Å². The van der Waals surface area contributed by atoms with Crippen LogP contribution in [0.5, 0.6) is 0 Å². The van der Waals surface area contributed by atoms with Crippen LogP contribution in [0.1, 0.15) is 50.5 Å². The van der Waals surface area contributed by atoms with Crippen molar-refractivity contribution >= 4 is 0 Å². The molecule has 0 N–H and O–H groups in total. The summed E-state index contributed by atoms with van der Waals surface area (Å²) in [5.74, 6) is 3.33. The quantitative estimate of drug-likeness (QED) is 0.444. The molecule has 0 radical (unpaired) electrons. The van der Waals surface area contributed by atoms with Gasteiger partial charge in [0.25, 0.3) is 0 Å². The molecule has 1 aliphatic heterocycles. The summed E-state index contributed by atoms with van der Waals surface area (Å²) in [5, 5.41) is 9.60. The maximum absolute atomic E-state index is 4.97. The maximum atomic E-state index is 4.97. The van der Waals surface area contributed by atoms with Crippen LogP contribution in [0.25, 0.3) is 22.8 Å². The fraction of sp³-hybridized carbons (Fsp3) is 0.333. The highest BCUT2D eigenvalue weighted by atomic mass is 15.3. The Hall–Kier alpha value is -3.28. The van der Waals surface area contributed by atoms with Gasteiger partial charge in [-0.2, -0.15) is 10.2 Å². The Bertz CT molecular complexity index is 1170. The van der Waals surface area contributed by atoms with Gasteiger partial charge < -0.3 is 0 Å². The van der Waals surface area contributed by atoms with Crippen molar-refractivity contribution in [3.8, 4) is 22.8 Å². The van der Waals surface area contributed by atoms with E-state index in [1.807, 2.05) is 23.5 Å². The maximum Gasteiger partial charge on any atom is 0.161 e. The highest BCUT2D eigenvalue weighted by Gasteiger charge is 2.32. The molecule has 6 nitrogen and oxygen atoms in total. The van der Waals surface area contributed by atoms with E-state index in [1.54, 1.807) is 0 Å². The van der Waals surface area contributed by atoms with Gasteiger partial charge in [-0.1, -0.05) is 36.4 Å². The van der Waals surface area contributed by atoms with Gasteiger partial charge in [-0.3, -0.25) is 0 Å². The molecule has 30 heavy (non-hydrogen) atoms. The summed E-state index contributed by atoms with van der Waals surface area (Å²) in [5.41, 5.74) is 3.67. The zero-order valence-electron chi connectivity index (χ0n) is 18.3. The number of hydrogen-bond acceptors (Lipinski definition) is 4. The summed E-state index contributed by atoms with van der Waals surface area (Å²) >= 11 is 0. The van der Waals surface area contributed by atoms with Crippen molar-refractivity contribution in [2.24, 2.45) is 14.1 Å². The van der Waals surface area contributed by atoms with E-state index in [9.17, 15) is 0 Å². The molecule has 2 aromatic carbocycles. The normalized spacial score (nSPS) is 16.2. The van der Waals surface area contributed by atoms with Crippen LogP contribution < -0.4 is 0 Å². The minimum Gasteiger partial charge on any atom is -0.249 e. The van der Waals surface area contributed by atoms with Gasteiger partial charge in [0, 0.05) is 25.2 Å². The van der Waals surface area contributed by atoms with Gasteiger partial charge in [-0.15, -0.1) is 0 Å². The van der Waals surface area contributed by atoms with E-state index in [0.29, 0.717) is 0 Å². The molecular formula is C24H26N6. The lowest BCUT2D eigenvalue weighted by Gasteiger charge is -2.23. The largest absolute Gasteiger partial charge is 0.249 e. The summed E-state index contributed by atoms with van der Waals surface area (Å²) < 4.78 is 3.76. The lowest BCUT2D eigenvalue weighted by molar-refractivity contribution is 0.579. The number of aryl methyl sites for hydroxylation is 2. The fourth-order valence-corrected chi connectivity index (χ4v) is 4.15. The zero-order valence-corrected chi connectivity index (χ0v) is 18.3. The van der Waals surface area contributed by atoms with Crippen molar-refractivity contribution in [1.29, 1.82) is 0 Å². The van der Waals surface area contributed by atoms with Crippen LogP contribution in [-0.2, 0) is 24.9 Å². The molecule has 6 heteroatoms. The second kappa shape index (κ2) is 6.11. The lowest BCUT2D eigenvalue weighted by Crippen LogP contribution is -2.21. The fourth-order valence-electron chi connectivity index (χ4n) is 4.15. The zero-order chi connectivity index (χ0) is 21.3. The number of rotatable bonds is 0. The summed E-state index contributed by atoms with van der Waals surface area (Å²) in [6.45, 7) is 8.66. The minimum absolute atomic E-state index is 0.353. The third-order valence-electron chi connectivity index (χ3n) is 6.33. The standard InChI is InChI=1S/C24H26N6/c1-23(2)17-11-7-9-15(13-17)20-26-22(28-30(20)6)24(3,4)18-12-8-10-16(14-18)19-25-21(23)27-29(19)5/h7-14H,1-6H3. The van der Waals surface area contributed by atoms with Crippen molar-refractivity contribution in [1.82, 2.24) is 29.5 Å². The predicted molar refractivity (Wildman–Crippen MR) is 117 cm³/mol. The number of benzene rings is 2. The van der Waals surface area contributed by atoms with E-state index in [4.69, 9.17) is 20.2 Å². The number of hydrogen-bond donors (Lipinski definition) is 0. The molecular weight excluding hydrogens is 372 g/mol. The van der Waals surface area contributed by atoms with E-state index in [0.717, 1.165) is 45.6 Å². The van der Waals surface area contributed by atoms with Crippen molar-refractivity contribution in [2.75, 3.05) is 0 Å². The van der Waals surface area contributed by atoms with Crippen LogP contribution in [0.2, 0.25) is 0 Å². The molecule has 2 aromatic heterocycles. The molecule has 0 fully saturated rings. The first kappa shape index (κ1) is 18.7. The molecule has 0 aliphatic carbocycles. The number of fused-ring (bicyclic) bond motifs is 10. The van der Waals surface area contributed by atoms with Crippen LogP contribution in [0.3, 0.4) is 0 Å². The molecule has 0 atom stereocenters. The Balaban J connectivity index is 1.86. The van der Waals surface area contributed by atoms with Gasteiger partial charge in [0.15, 0.2) is 23.3 Å². The van der Waals surface area contributed by atoms with Gasteiger partial charge in [0.2, 0.25) is 0 Å². The minimum atomic E-state index is -0.353. The smallest absolute Gasteiger partial charge is 0.161 e. The molecule has 0 spiro atoms. The lowest BCUT2D eigenvalue weighted by atomic mass is 9.82. The predicted octanol–water partition coefficient (Wildman–Crippen LogP) is 4.24. The Morgan fingerprint density at radius 1 is 0.633 bits per heavy atom. The van der Waals surface area contributed by atoms with E-state index >= 15 is 0 Å². The second-order valence-electron chi connectivity index (χ2n) is 9.18. The molecule has 8 bridgehead atoms. The Kier molecular flexibility index (Phi) is 3.81. The third kappa shape index (κ3) is 2.63. The van der Waals surface area contributed by atoms with Crippen molar-refractivity contribution in [3.63, 3.8) is 0 Å². The molecule has 0 saturated carbocycles. The van der Waals surface area contributed by atoms with Crippen LogP contribution >= 0.6 is 0 Å². The Morgan fingerprint density at radius 2 is 1.03 bits per heavy atom.